The van der Waals surface area contributed by atoms with Crippen LogP contribution in [0.3, 0.4) is 0 Å². The number of ether oxygens (including phenoxy) is 2. The molecule has 6 nitrogen and oxygen atoms in total. The van der Waals surface area contributed by atoms with Gasteiger partial charge in [-0.2, -0.15) is 0 Å². The first-order valence-electron chi connectivity index (χ1n) is 12.4. The maximum atomic E-state index is 10.9. The van der Waals surface area contributed by atoms with Crippen LogP contribution >= 0.6 is 0 Å². The molecule has 32 heavy (non-hydrogen) atoms. The summed E-state index contributed by atoms with van der Waals surface area (Å²) in [7, 11) is -1.05. The van der Waals surface area contributed by atoms with E-state index in [0.717, 1.165) is 17.9 Å². The summed E-state index contributed by atoms with van der Waals surface area (Å²) in [6.45, 7) is 7.33. The highest BCUT2D eigenvalue weighted by Crippen LogP contribution is 2.49. The van der Waals surface area contributed by atoms with Crippen molar-refractivity contribution in [3.63, 3.8) is 0 Å². The highest BCUT2D eigenvalue weighted by Gasteiger charge is 2.44. The Morgan fingerprint density at radius 2 is 1.47 bits per heavy atom. The summed E-state index contributed by atoms with van der Waals surface area (Å²) in [6.07, 6.45) is 15.8. The Morgan fingerprint density at radius 1 is 0.875 bits per heavy atom. The lowest BCUT2D eigenvalue weighted by Gasteiger charge is -1.99. The quantitative estimate of drug-likeness (QED) is 0.288. The highest BCUT2D eigenvalue weighted by molar-refractivity contribution is 6.44. The van der Waals surface area contributed by atoms with E-state index in [4.69, 9.17) is 14.8 Å². The zero-order valence-electron chi connectivity index (χ0n) is 20.1. The monoisotopic (exact) mass is 448 g/mol. The molecule has 0 bridgehead atoms. The molecule has 0 spiro atoms. The fourth-order valence-corrected chi connectivity index (χ4v) is 4.37. The van der Waals surface area contributed by atoms with E-state index in [1.54, 1.807) is 6.08 Å². The molecule has 0 amide bonds. The largest absolute Gasteiger partial charge is 0.458 e. The average molecular weight is 448 g/mol. The van der Waals surface area contributed by atoms with Crippen LogP contribution in [-0.2, 0) is 19.1 Å². The third kappa shape index (κ3) is 9.91. The van der Waals surface area contributed by atoms with Crippen molar-refractivity contribution in [2.24, 2.45) is 17.8 Å². The van der Waals surface area contributed by atoms with Crippen LogP contribution in [-0.4, -0.2) is 42.3 Å². The van der Waals surface area contributed by atoms with Crippen molar-refractivity contribution in [3.8, 4) is 0 Å². The minimum atomic E-state index is -1.05. The van der Waals surface area contributed by atoms with E-state index in [9.17, 15) is 9.59 Å². The molecule has 0 aromatic rings. The normalized spacial score (nSPS) is 27.2. The van der Waals surface area contributed by atoms with Gasteiger partial charge in [0.25, 0.3) is 0 Å². The lowest BCUT2D eigenvalue weighted by molar-refractivity contribution is -0.135. The van der Waals surface area contributed by atoms with E-state index in [1.165, 1.54) is 69.4 Å². The molecule has 2 heterocycles. The molecule has 0 aromatic carbocycles. The molecule has 0 unspecified atom stereocenters. The Bertz CT molecular complexity index is 671. The second-order valence-electron chi connectivity index (χ2n) is 9.59. The van der Waals surface area contributed by atoms with Crippen molar-refractivity contribution in [2.45, 2.75) is 90.8 Å². The van der Waals surface area contributed by atoms with Crippen molar-refractivity contribution >= 4 is 19.1 Å². The fraction of sp³-hybridized carbons (Fsp3) is 0.760. The van der Waals surface area contributed by atoms with E-state index in [1.807, 2.05) is 6.92 Å². The van der Waals surface area contributed by atoms with Gasteiger partial charge in [-0.3, -0.25) is 0 Å². The minimum Gasteiger partial charge on any atom is -0.458 e. The predicted octanol–water partition coefficient (Wildman–Crippen LogP) is 4.61. The van der Waals surface area contributed by atoms with Gasteiger partial charge in [0.2, 0.25) is 0 Å². The maximum Gasteiger partial charge on any atom is 0.455 e. The second kappa shape index (κ2) is 13.8. The summed E-state index contributed by atoms with van der Waals surface area (Å²) in [4.78, 5) is 21.0. The van der Waals surface area contributed by atoms with E-state index in [-0.39, 0.29) is 17.8 Å². The molecule has 2 N–H and O–H groups in total. The number of carbonyl (C=O) groups is 2. The van der Waals surface area contributed by atoms with Crippen LogP contribution in [0.25, 0.3) is 0 Å². The number of rotatable bonds is 10. The highest BCUT2D eigenvalue weighted by atomic mass is 16.5. The Hall–Kier alpha value is -1.60. The van der Waals surface area contributed by atoms with Gasteiger partial charge in [-0.15, -0.1) is 0 Å². The van der Waals surface area contributed by atoms with Crippen molar-refractivity contribution in [1.82, 2.24) is 0 Å². The van der Waals surface area contributed by atoms with Crippen molar-refractivity contribution in [2.75, 3.05) is 13.2 Å². The van der Waals surface area contributed by atoms with Gasteiger partial charge in [-0.25, -0.2) is 9.59 Å². The molecule has 2 aliphatic heterocycles. The molecule has 4 aliphatic rings. The molecule has 4 rings (SSSR count). The SMILES string of the molecule is CC1=CC(=O)OC1.CCCCC[C@@H]1C[C@H]1B(O)O.CCCCC[C@@H]1C[C@H]1C1=CC(=O)OC1. The Morgan fingerprint density at radius 3 is 1.88 bits per heavy atom. The van der Waals surface area contributed by atoms with Crippen LogP contribution in [0.5, 0.6) is 0 Å². The van der Waals surface area contributed by atoms with E-state index in [2.05, 4.69) is 18.6 Å². The summed E-state index contributed by atoms with van der Waals surface area (Å²) in [5.41, 5.74) is 2.25. The van der Waals surface area contributed by atoms with E-state index < -0.39 is 7.12 Å². The van der Waals surface area contributed by atoms with Crippen LogP contribution in [0.2, 0.25) is 5.82 Å². The van der Waals surface area contributed by atoms with Gasteiger partial charge >= 0.3 is 19.1 Å². The van der Waals surface area contributed by atoms with Crippen LogP contribution < -0.4 is 0 Å². The number of hydrogen-bond acceptors (Lipinski definition) is 6. The fourth-order valence-electron chi connectivity index (χ4n) is 4.37. The zero-order valence-corrected chi connectivity index (χ0v) is 20.1. The minimum absolute atomic E-state index is 0.140. The van der Waals surface area contributed by atoms with Gasteiger partial charge in [-0.1, -0.05) is 58.8 Å². The molecule has 4 atom stereocenters. The molecule has 2 aliphatic carbocycles. The molecule has 0 radical (unpaired) electrons. The third-order valence-electron chi connectivity index (χ3n) is 6.61. The summed E-state index contributed by atoms with van der Waals surface area (Å²) < 4.78 is 9.44. The zero-order chi connectivity index (χ0) is 23.5. The summed E-state index contributed by atoms with van der Waals surface area (Å²) in [5.74, 6) is 1.99. The van der Waals surface area contributed by atoms with Gasteiger partial charge in [0.15, 0.2) is 0 Å². The van der Waals surface area contributed by atoms with Crippen LogP contribution in [0.4, 0.5) is 0 Å². The Kier molecular flexibility index (Phi) is 11.5. The summed E-state index contributed by atoms with van der Waals surface area (Å²) in [5, 5.41) is 17.5. The average Bonchev–Trinajstić information content (AvgIpc) is 3.63. The predicted molar refractivity (Wildman–Crippen MR) is 126 cm³/mol. The van der Waals surface area contributed by atoms with Gasteiger partial charge in [-0.05, 0) is 60.9 Å². The molecule has 0 saturated heterocycles. The van der Waals surface area contributed by atoms with Crippen molar-refractivity contribution < 1.29 is 29.1 Å². The Labute approximate surface area is 193 Å². The molecule has 180 valence electrons. The maximum absolute atomic E-state index is 10.9. The lowest BCUT2D eigenvalue weighted by atomic mass is 9.81. The number of unbranched alkanes of at least 4 members (excludes halogenated alkanes) is 4. The van der Waals surface area contributed by atoms with Crippen LogP contribution in [0.1, 0.15) is 85.0 Å². The topological polar surface area (TPSA) is 93.1 Å². The number of esters is 2. The molecular formula is C25H41BO6. The first kappa shape index (κ1) is 26.7. The number of carbonyl (C=O) groups excluding carboxylic acids is 2. The summed E-state index contributed by atoms with van der Waals surface area (Å²) in [6, 6.07) is 0. The van der Waals surface area contributed by atoms with E-state index >= 15 is 0 Å². The number of hydrogen-bond donors (Lipinski definition) is 2. The van der Waals surface area contributed by atoms with Crippen molar-refractivity contribution in [1.29, 1.82) is 0 Å². The molecule has 2 fully saturated rings. The smallest absolute Gasteiger partial charge is 0.455 e. The van der Waals surface area contributed by atoms with Gasteiger partial charge in [0.05, 0.1) is 0 Å². The standard InChI is InChI=1S/C12H18O2.C8H17BO2.C5H6O2/c1-2-3-4-5-9-6-11(9)10-7-12(13)14-8-10;1-2-3-4-5-7-6-8(7)9(10)11;1-4-2-5(6)7-3-4/h7,9,11H,2-6,8H2,1H3;7-8,10-11H,2-6H2,1H3;2H,3H2,1H3/t9-,11-;7-,8-;/m11./s1. The molecule has 0 aromatic heterocycles. The van der Waals surface area contributed by atoms with Crippen molar-refractivity contribution in [3.05, 3.63) is 23.3 Å². The Balaban J connectivity index is 0.000000180. The van der Waals surface area contributed by atoms with Crippen LogP contribution in [0.15, 0.2) is 23.3 Å². The molecule has 2 saturated carbocycles. The summed E-state index contributed by atoms with van der Waals surface area (Å²) >= 11 is 0. The number of cyclic esters (lactones) is 2. The first-order chi connectivity index (χ1) is 15.3. The van der Waals surface area contributed by atoms with E-state index in [0.29, 0.717) is 25.0 Å². The first-order valence-corrected chi connectivity index (χ1v) is 12.4. The lowest BCUT2D eigenvalue weighted by Crippen LogP contribution is -2.11. The third-order valence-corrected chi connectivity index (χ3v) is 6.61. The van der Waals surface area contributed by atoms with Gasteiger partial charge < -0.3 is 19.5 Å². The van der Waals surface area contributed by atoms with Gasteiger partial charge in [0, 0.05) is 12.2 Å². The van der Waals surface area contributed by atoms with Gasteiger partial charge in [0.1, 0.15) is 13.2 Å². The second-order valence-corrected chi connectivity index (χ2v) is 9.59. The van der Waals surface area contributed by atoms with Crippen LogP contribution in [0, 0.1) is 17.8 Å². The molecule has 7 heteroatoms. The molecular weight excluding hydrogens is 407 g/mol.